The summed E-state index contributed by atoms with van der Waals surface area (Å²) in [5.74, 6) is -0.0344. The van der Waals surface area contributed by atoms with Gasteiger partial charge < -0.3 is 4.90 Å². The van der Waals surface area contributed by atoms with Crippen molar-refractivity contribution in [2.24, 2.45) is 0 Å². The summed E-state index contributed by atoms with van der Waals surface area (Å²) >= 11 is 1.25. The lowest BCUT2D eigenvalue weighted by Gasteiger charge is -2.17. The summed E-state index contributed by atoms with van der Waals surface area (Å²) in [4.78, 5) is 17.4. The SMILES string of the molecule is CN1C(=O)Cc2cc(S(=O)(=O)N(C)c3nccs3)ccc21. The normalized spacial score (nSPS) is 14.4. The van der Waals surface area contributed by atoms with E-state index >= 15 is 0 Å². The second kappa shape index (κ2) is 4.81. The van der Waals surface area contributed by atoms with Gasteiger partial charge in [0.05, 0.1) is 11.3 Å². The Kier molecular flexibility index (Phi) is 3.22. The first-order chi connectivity index (χ1) is 9.91. The van der Waals surface area contributed by atoms with E-state index in [1.807, 2.05) is 0 Å². The number of anilines is 2. The number of carbonyl (C=O) groups is 1. The van der Waals surface area contributed by atoms with Crippen molar-refractivity contribution in [1.82, 2.24) is 4.98 Å². The fourth-order valence-electron chi connectivity index (χ4n) is 2.24. The third-order valence-corrected chi connectivity index (χ3v) is 6.18. The Labute approximate surface area is 126 Å². The van der Waals surface area contributed by atoms with Gasteiger partial charge >= 0.3 is 0 Å². The molecule has 110 valence electrons. The fraction of sp³-hybridized carbons (Fsp3) is 0.231. The number of carbonyl (C=O) groups excluding carboxylic acids is 1. The third kappa shape index (κ3) is 2.20. The van der Waals surface area contributed by atoms with Crippen LogP contribution >= 0.6 is 11.3 Å². The van der Waals surface area contributed by atoms with Gasteiger partial charge in [-0.25, -0.2) is 17.7 Å². The van der Waals surface area contributed by atoms with Crippen LogP contribution in [0.4, 0.5) is 10.8 Å². The molecule has 0 fully saturated rings. The van der Waals surface area contributed by atoms with Gasteiger partial charge in [-0.3, -0.25) is 4.79 Å². The Balaban J connectivity index is 2.02. The topological polar surface area (TPSA) is 70.6 Å². The van der Waals surface area contributed by atoms with Gasteiger partial charge in [0.25, 0.3) is 10.0 Å². The summed E-state index contributed by atoms with van der Waals surface area (Å²) in [7, 11) is -0.512. The summed E-state index contributed by atoms with van der Waals surface area (Å²) in [5.41, 5.74) is 1.49. The molecule has 1 aliphatic heterocycles. The number of sulfonamides is 1. The van der Waals surface area contributed by atoms with Crippen LogP contribution in [-0.4, -0.2) is 33.4 Å². The largest absolute Gasteiger partial charge is 0.315 e. The zero-order valence-corrected chi connectivity index (χ0v) is 13.1. The number of nitrogens with zero attached hydrogens (tertiary/aromatic N) is 3. The number of likely N-dealkylation sites (N-methyl/N-ethyl adjacent to an activating group) is 1. The van der Waals surface area contributed by atoms with Crippen LogP contribution in [0.15, 0.2) is 34.7 Å². The fourth-order valence-corrected chi connectivity index (χ4v) is 4.28. The molecule has 8 heteroatoms. The number of hydrogen-bond donors (Lipinski definition) is 0. The lowest BCUT2D eigenvalue weighted by atomic mass is 10.2. The van der Waals surface area contributed by atoms with E-state index < -0.39 is 10.0 Å². The Morgan fingerprint density at radius 2 is 2.14 bits per heavy atom. The van der Waals surface area contributed by atoms with E-state index in [9.17, 15) is 13.2 Å². The monoisotopic (exact) mass is 323 g/mol. The van der Waals surface area contributed by atoms with Gasteiger partial charge in [0.1, 0.15) is 0 Å². The molecule has 1 aliphatic rings. The predicted octanol–water partition coefficient (Wildman–Crippen LogP) is 1.49. The second-order valence-electron chi connectivity index (χ2n) is 4.71. The van der Waals surface area contributed by atoms with Crippen LogP contribution < -0.4 is 9.21 Å². The third-order valence-electron chi connectivity index (χ3n) is 3.48. The molecule has 2 aromatic rings. The zero-order valence-electron chi connectivity index (χ0n) is 11.5. The average Bonchev–Trinajstić information content (AvgIpc) is 3.07. The van der Waals surface area contributed by atoms with Crippen LogP contribution in [0.2, 0.25) is 0 Å². The lowest BCUT2D eigenvalue weighted by Crippen LogP contribution is -2.26. The van der Waals surface area contributed by atoms with E-state index in [-0.39, 0.29) is 17.2 Å². The first-order valence-corrected chi connectivity index (χ1v) is 8.51. The maximum Gasteiger partial charge on any atom is 0.265 e. The van der Waals surface area contributed by atoms with Crippen molar-refractivity contribution in [1.29, 1.82) is 0 Å². The van der Waals surface area contributed by atoms with Crippen molar-refractivity contribution in [3.63, 3.8) is 0 Å². The summed E-state index contributed by atoms with van der Waals surface area (Å²) in [6.07, 6.45) is 1.79. The lowest BCUT2D eigenvalue weighted by molar-refractivity contribution is -0.117. The smallest absolute Gasteiger partial charge is 0.265 e. The van der Waals surface area contributed by atoms with Gasteiger partial charge in [0, 0.05) is 31.4 Å². The van der Waals surface area contributed by atoms with Crippen LogP contribution in [0.5, 0.6) is 0 Å². The van der Waals surface area contributed by atoms with E-state index in [1.165, 1.54) is 29.4 Å². The van der Waals surface area contributed by atoms with Gasteiger partial charge in [-0.05, 0) is 23.8 Å². The molecule has 0 N–H and O–H groups in total. The van der Waals surface area contributed by atoms with Crippen molar-refractivity contribution in [3.05, 3.63) is 35.3 Å². The van der Waals surface area contributed by atoms with Crippen molar-refractivity contribution in [2.75, 3.05) is 23.3 Å². The van der Waals surface area contributed by atoms with E-state index in [0.717, 1.165) is 15.6 Å². The van der Waals surface area contributed by atoms with Crippen molar-refractivity contribution in [2.45, 2.75) is 11.3 Å². The van der Waals surface area contributed by atoms with Gasteiger partial charge in [0.2, 0.25) is 5.91 Å². The standard InChI is InChI=1S/C13H13N3O3S2/c1-15-11-4-3-10(7-9(11)8-12(15)17)21(18,19)16(2)13-14-5-6-20-13/h3-7H,8H2,1-2H3. The quantitative estimate of drug-likeness (QED) is 0.858. The molecule has 3 rings (SSSR count). The van der Waals surface area contributed by atoms with Crippen molar-refractivity contribution < 1.29 is 13.2 Å². The summed E-state index contributed by atoms with van der Waals surface area (Å²) in [6, 6.07) is 4.76. The van der Waals surface area contributed by atoms with Crippen LogP contribution in [0.25, 0.3) is 0 Å². The molecule has 2 heterocycles. The number of rotatable bonds is 3. The molecule has 0 saturated heterocycles. The highest BCUT2D eigenvalue weighted by molar-refractivity contribution is 7.93. The molecule has 1 amide bonds. The van der Waals surface area contributed by atoms with Gasteiger partial charge in [0.15, 0.2) is 5.13 Å². The van der Waals surface area contributed by atoms with Crippen LogP contribution in [-0.2, 0) is 21.2 Å². The summed E-state index contributed by atoms with van der Waals surface area (Å²) in [6.45, 7) is 0. The molecule has 1 aromatic heterocycles. The molecular weight excluding hydrogens is 310 g/mol. The molecule has 1 aromatic carbocycles. The minimum absolute atomic E-state index is 0.0344. The minimum atomic E-state index is -3.67. The van der Waals surface area contributed by atoms with Crippen molar-refractivity contribution >= 4 is 38.1 Å². The van der Waals surface area contributed by atoms with E-state index in [1.54, 1.807) is 30.8 Å². The van der Waals surface area contributed by atoms with Crippen LogP contribution in [0.3, 0.4) is 0 Å². The first kappa shape index (κ1) is 14.0. The van der Waals surface area contributed by atoms with Crippen molar-refractivity contribution in [3.8, 4) is 0 Å². The number of thiazole rings is 1. The average molecular weight is 323 g/mol. The maximum absolute atomic E-state index is 12.6. The van der Waals surface area contributed by atoms with Gasteiger partial charge in [-0.15, -0.1) is 11.3 Å². The molecule has 0 atom stereocenters. The molecule has 21 heavy (non-hydrogen) atoms. The number of amides is 1. The number of benzene rings is 1. The number of fused-ring (bicyclic) bond motifs is 1. The number of aromatic nitrogens is 1. The minimum Gasteiger partial charge on any atom is -0.315 e. The molecular formula is C13H13N3O3S2. The van der Waals surface area contributed by atoms with Gasteiger partial charge in [-0.1, -0.05) is 0 Å². The van der Waals surface area contributed by atoms with Crippen LogP contribution in [0.1, 0.15) is 5.56 Å². The summed E-state index contributed by atoms with van der Waals surface area (Å²) in [5, 5.41) is 2.13. The molecule has 0 radical (unpaired) electrons. The first-order valence-electron chi connectivity index (χ1n) is 6.19. The van der Waals surface area contributed by atoms with Gasteiger partial charge in [-0.2, -0.15) is 0 Å². The molecule has 0 saturated carbocycles. The molecule has 0 aliphatic carbocycles. The summed E-state index contributed by atoms with van der Waals surface area (Å²) < 4.78 is 26.3. The molecule has 6 nitrogen and oxygen atoms in total. The Morgan fingerprint density at radius 1 is 1.38 bits per heavy atom. The number of hydrogen-bond acceptors (Lipinski definition) is 5. The highest BCUT2D eigenvalue weighted by Crippen LogP contribution is 2.31. The molecule has 0 bridgehead atoms. The maximum atomic E-state index is 12.6. The predicted molar refractivity (Wildman–Crippen MR) is 81.3 cm³/mol. The Bertz CT molecular complexity index is 800. The van der Waals surface area contributed by atoms with E-state index in [2.05, 4.69) is 4.98 Å². The highest BCUT2D eigenvalue weighted by Gasteiger charge is 2.28. The zero-order chi connectivity index (χ0) is 15.2. The van der Waals surface area contributed by atoms with Crippen LogP contribution in [0, 0.1) is 0 Å². The van der Waals surface area contributed by atoms with E-state index in [4.69, 9.17) is 0 Å². The van der Waals surface area contributed by atoms with E-state index in [0.29, 0.717) is 5.13 Å². The molecule has 0 spiro atoms. The molecule has 0 unspecified atom stereocenters. The second-order valence-corrected chi connectivity index (χ2v) is 7.55. The Hall–Kier alpha value is -1.93. The Morgan fingerprint density at radius 3 is 2.81 bits per heavy atom. The highest BCUT2D eigenvalue weighted by atomic mass is 32.2.